The molecule has 0 fully saturated rings. The standard InChI is InChI=1S/C24H26N2O6/c1-16(2)14-30-20-11-9-17(13-21(20)29-4)10-12-23(27)31-15-22-25-24(26-32-22)18-7-5-6-8-19(18)28-3/h5-13,16H,14-15H2,1-4H3. The second-order valence-electron chi connectivity index (χ2n) is 7.27. The van der Waals surface area contributed by atoms with E-state index in [0.717, 1.165) is 5.56 Å². The van der Waals surface area contributed by atoms with Crippen molar-refractivity contribution in [1.82, 2.24) is 10.1 Å². The molecule has 32 heavy (non-hydrogen) atoms. The summed E-state index contributed by atoms with van der Waals surface area (Å²) in [6, 6.07) is 12.7. The molecule has 0 bridgehead atoms. The number of ether oxygens (including phenoxy) is 4. The molecule has 2 aromatic carbocycles. The van der Waals surface area contributed by atoms with E-state index in [1.807, 2.05) is 30.3 Å². The molecule has 3 aromatic rings. The summed E-state index contributed by atoms with van der Waals surface area (Å²) in [5.41, 5.74) is 1.46. The average Bonchev–Trinajstić information content (AvgIpc) is 3.29. The quantitative estimate of drug-likeness (QED) is 0.336. The van der Waals surface area contributed by atoms with E-state index in [4.69, 9.17) is 23.5 Å². The Labute approximate surface area is 186 Å². The lowest BCUT2D eigenvalue weighted by atomic mass is 10.2. The first kappa shape index (κ1) is 22.9. The smallest absolute Gasteiger partial charge is 0.331 e. The summed E-state index contributed by atoms with van der Waals surface area (Å²) < 4.78 is 26.8. The maximum absolute atomic E-state index is 12.1. The third-order valence-corrected chi connectivity index (χ3v) is 4.33. The Balaban J connectivity index is 1.58. The van der Waals surface area contributed by atoms with Crippen LogP contribution in [-0.4, -0.2) is 36.9 Å². The number of hydrogen-bond donors (Lipinski definition) is 0. The van der Waals surface area contributed by atoms with E-state index in [-0.39, 0.29) is 12.5 Å². The monoisotopic (exact) mass is 438 g/mol. The number of carbonyl (C=O) groups excluding carboxylic acids is 1. The Morgan fingerprint density at radius 3 is 2.59 bits per heavy atom. The lowest BCUT2D eigenvalue weighted by Crippen LogP contribution is -2.05. The fraction of sp³-hybridized carbons (Fsp3) is 0.292. The van der Waals surface area contributed by atoms with Crippen LogP contribution in [0.1, 0.15) is 25.3 Å². The number of esters is 1. The lowest BCUT2D eigenvalue weighted by molar-refractivity contribution is -0.139. The molecule has 0 saturated carbocycles. The Hall–Kier alpha value is -3.81. The van der Waals surface area contributed by atoms with Crippen LogP contribution in [0.3, 0.4) is 0 Å². The minimum atomic E-state index is -0.541. The molecular weight excluding hydrogens is 412 g/mol. The fourth-order valence-electron chi connectivity index (χ4n) is 2.76. The van der Waals surface area contributed by atoms with E-state index in [0.29, 0.717) is 41.2 Å². The first-order valence-electron chi connectivity index (χ1n) is 10.1. The first-order valence-corrected chi connectivity index (χ1v) is 10.1. The number of benzene rings is 2. The maximum Gasteiger partial charge on any atom is 0.331 e. The molecule has 8 nitrogen and oxygen atoms in total. The molecule has 0 aliphatic rings. The highest BCUT2D eigenvalue weighted by Gasteiger charge is 2.14. The van der Waals surface area contributed by atoms with Gasteiger partial charge in [0.25, 0.3) is 5.89 Å². The van der Waals surface area contributed by atoms with E-state index in [9.17, 15) is 4.79 Å². The van der Waals surface area contributed by atoms with Gasteiger partial charge in [-0.2, -0.15) is 4.98 Å². The number of nitrogens with zero attached hydrogens (tertiary/aromatic N) is 2. The van der Waals surface area contributed by atoms with Crippen molar-refractivity contribution in [3.8, 4) is 28.6 Å². The van der Waals surface area contributed by atoms with E-state index in [1.165, 1.54) is 6.08 Å². The van der Waals surface area contributed by atoms with E-state index < -0.39 is 5.97 Å². The molecule has 0 N–H and O–H groups in total. The summed E-state index contributed by atoms with van der Waals surface area (Å²) in [5.74, 6) is 2.27. The highest BCUT2D eigenvalue weighted by Crippen LogP contribution is 2.29. The number of hydrogen-bond acceptors (Lipinski definition) is 8. The number of rotatable bonds is 10. The van der Waals surface area contributed by atoms with Gasteiger partial charge in [-0.15, -0.1) is 0 Å². The molecule has 168 valence electrons. The van der Waals surface area contributed by atoms with Crippen molar-refractivity contribution < 1.29 is 28.3 Å². The first-order chi connectivity index (χ1) is 15.5. The molecule has 0 saturated heterocycles. The molecule has 0 radical (unpaired) electrons. The summed E-state index contributed by atoms with van der Waals surface area (Å²) in [7, 11) is 3.14. The SMILES string of the molecule is COc1cc(C=CC(=O)OCc2nc(-c3ccccc3OC)no2)ccc1OCC(C)C. The summed E-state index contributed by atoms with van der Waals surface area (Å²) in [6.45, 7) is 4.59. The van der Waals surface area contributed by atoms with Crippen LogP contribution in [0.4, 0.5) is 0 Å². The molecule has 8 heteroatoms. The van der Waals surface area contributed by atoms with E-state index in [1.54, 1.807) is 32.4 Å². The van der Waals surface area contributed by atoms with Gasteiger partial charge in [-0.3, -0.25) is 0 Å². The van der Waals surface area contributed by atoms with Crippen LogP contribution in [0, 0.1) is 5.92 Å². The van der Waals surface area contributed by atoms with Crippen LogP contribution in [0.15, 0.2) is 53.1 Å². The van der Waals surface area contributed by atoms with Crippen molar-refractivity contribution in [3.05, 3.63) is 60.0 Å². The van der Waals surface area contributed by atoms with Crippen molar-refractivity contribution in [2.75, 3.05) is 20.8 Å². The molecule has 3 rings (SSSR count). The van der Waals surface area contributed by atoms with Crippen LogP contribution in [-0.2, 0) is 16.1 Å². The minimum Gasteiger partial charge on any atom is -0.496 e. The van der Waals surface area contributed by atoms with Gasteiger partial charge in [0.05, 0.1) is 26.4 Å². The van der Waals surface area contributed by atoms with Gasteiger partial charge in [0, 0.05) is 6.08 Å². The highest BCUT2D eigenvalue weighted by atomic mass is 16.6. The van der Waals surface area contributed by atoms with Crippen LogP contribution in [0.25, 0.3) is 17.5 Å². The number of methoxy groups -OCH3 is 2. The molecule has 1 aromatic heterocycles. The van der Waals surface area contributed by atoms with Crippen molar-refractivity contribution in [3.63, 3.8) is 0 Å². The van der Waals surface area contributed by atoms with Crippen LogP contribution in [0.2, 0.25) is 0 Å². The van der Waals surface area contributed by atoms with Gasteiger partial charge >= 0.3 is 5.97 Å². The summed E-state index contributed by atoms with van der Waals surface area (Å²) in [6.07, 6.45) is 2.95. The molecule has 0 aliphatic carbocycles. The number of aromatic nitrogens is 2. The van der Waals surface area contributed by atoms with E-state index >= 15 is 0 Å². The number of carbonyl (C=O) groups is 1. The summed E-state index contributed by atoms with van der Waals surface area (Å²) in [5, 5.41) is 3.92. The van der Waals surface area contributed by atoms with Gasteiger partial charge < -0.3 is 23.5 Å². The molecule has 0 aliphatic heterocycles. The average molecular weight is 438 g/mol. The topological polar surface area (TPSA) is 92.9 Å². The van der Waals surface area contributed by atoms with Gasteiger partial charge in [0.2, 0.25) is 5.82 Å². The molecular formula is C24H26N2O6. The van der Waals surface area contributed by atoms with Crippen molar-refractivity contribution in [2.24, 2.45) is 5.92 Å². The second kappa shape index (κ2) is 11.0. The van der Waals surface area contributed by atoms with Gasteiger partial charge in [-0.25, -0.2) is 4.79 Å². The Morgan fingerprint density at radius 1 is 1.06 bits per heavy atom. The van der Waals surface area contributed by atoms with Crippen molar-refractivity contribution in [2.45, 2.75) is 20.5 Å². The zero-order valence-corrected chi connectivity index (χ0v) is 18.5. The Bertz CT molecular complexity index is 1070. The molecule has 0 spiro atoms. The summed E-state index contributed by atoms with van der Waals surface area (Å²) in [4.78, 5) is 16.3. The molecule has 0 unspecified atom stereocenters. The van der Waals surface area contributed by atoms with Crippen LogP contribution in [0.5, 0.6) is 17.2 Å². The predicted molar refractivity (Wildman–Crippen MR) is 118 cm³/mol. The predicted octanol–water partition coefficient (Wildman–Crippen LogP) is 4.55. The van der Waals surface area contributed by atoms with Crippen LogP contribution >= 0.6 is 0 Å². The lowest BCUT2D eigenvalue weighted by Gasteiger charge is -2.12. The van der Waals surface area contributed by atoms with Gasteiger partial charge in [0.15, 0.2) is 18.1 Å². The minimum absolute atomic E-state index is 0.142. The third-order valence-electron chi connectivity index (χ3n) is 4.33. The number of para-hydroxylation sites is 1. The largest absolute Gasteiger partial charge is 0.496 e. The second-order valence-corrected chi connectivity index (χ2v) is 7.27. The van der Waals surface area contributed by atoms with Crippen LogP contribution < -0.4 is 14.2 Å². The van der Waals surface area contributed by atoms with Gasteiger partial charge in [-0.1, -0.05) is 37.2 Å². The van der Waals surface area contributed by atoms with Crippen molar-refractivity contribution >= 4 is 12.0 Å². The molecule has 1 heterocycles. The van der Waals surface area contributed by atoms with E-state index in [2.05, 4.69) is 24.0 Å². The highest BCUT2D eigenvalue weighted by molar-refractivity contribution is 5.87. The third kappa shape index (κ3) is 6.10. The van der Waals surface area contributed by atoms with Crippen molar-refractivity contribution in [1.29, 1.82) is 0 Å². The van der Waals surface area contributed by atoms with Gasteiger partial charge in [-0.05, 0) is 41.8 Å². The molecule has 0 amide bonds. The Morgan fingerprint density at radius 2 is 1.84 bits per heavy atom. The zero-order chi connectivity index (χ0) is 22.9. The molecule has 0 atom stereocenters. The van der Waals surface area contributed by atoms with Gasteiger partial charge in [0.1, 0.15) is 5.75 Å². The normalized spacial score (nSPS) is 11.0. The fourth-order valence-corrected chi connectivity index (χ4v) is 2.76. The summed E-state index contributed by atoms with van der Waals surface area (Å²) >= 11 is 0. The maximum atomic E-state index is 12.1. The zero-order valence-electron chi connectivity index (χ0n) is 18.5. The Kier molecular flexibility index (Phi) is 7.85.